The van der Waals surface area contributed by atoms with Crippen LogP contribution in [0.25, 0.3) is 132 Å². The minimum Gasteiger partial charge on any atom is -0.570 e. The van der Waals surface area contributed by atoms with E-state index in [-0.39, 0.29) is 80.8 Å². The topological polar surface area (TPSA) is 162 Å². The molecular weight excluding hydrogens is 1660 g/mol. The predicted molar refractivity (Wildman–Crippen MR) is 426 cm³/mol. The third-order valence-corrected chi connectivity index (χ3v) is 21.8. The number of hydrogen-bond acceptors (Lipinski definition) is 6. The zero-order valence-electron chi connectivity index (χ0n) is 55.5. The molecule has 0 N–H and O–H groups in total. The normalized spacial score (nSPS) is 10.6. The molecule has 0 atom stereocenters. The maximum absolute atomic E-state index is 4.26. The average molecular weight is 1720 g/mol. The van der Waals surface area contributed by atoms with Crippen molar-refractivity contribution < 1.29 is 80.8 Å². The Balaban J connectivity index is 0.000000124. The van der Waals surface area contributed by atoms with Crippen LogP contribution in [-0.2, 0) is 0 Å². The molecule has 0 saturated heterocycles. The Morgan fingerprint density at radius 1 is 0.135 bits per heavy atom. The minimum absolute atomic E-state index is 0. The molecule has 0 amide bonds. The number of aromatic nitrogens is 12. The first-order valence-electron chi connectivity index (χ1n) is 32.5. The molecule has 0 spiro atoms. The van der Waals surface area contributed by atoms with Gasteiger partial charge in [0.1, 0.15) is 0 Å². The zero-order chi connectivity index (χ0) is 69.0. The fraction of sp³-hybridized carbons (Fsp3) is 0. The maximum atomic E-state index is 4.26. The van der Waals surface area contributed by atoms with E-state index in [0.717, 1.165) is 181 Å². The van der Waals surface area contributed by atoms with E-state index < -0.39 is 0 Å². The van der Waals surface area contributed by atoms with Gasteiger partial charge in [-0.1, -0.05) is 446 Å². The van der Waals surface area contributed by atoms with Crippen molar-refractivity contribution in [2.24, 2.45) is 0 Å². The summed E-state index contributed by atoms with van der Waals surface area (Å²) in [6.45, 7) is 0. The van der Waals surface area contributed by atoms with Crippen molar-refractivity contribution in [1.82, 2.24) is 61.2 Å². The standard InChI is InChI=1S/6C14H10N2P.2Sm/c6*1-3-7-11(8-4-1)13-15-16-14(17-13)12-9-5-2-6-10-12;;/h6*1-10H;;/q6*-1;2*+3. The first-order chi connectivity index (χ1) is 50.6. The van der Waals surface area contributed by atoms with Gasteiger partial charge >= 0.3 is 80.8 Å². The van der Waals surface area contributed by atoms with Crippen LogP contribution < -0.4 is 30.6 Å². The van der Waals surface area contributed by atoms with Crippen LogP contribution >= 0.6 is 49.2 Å². The van der Waals surface area contributed by atoms with E-state index in [9.17, 15) is 0 Å². The second-order valence-electron chi connectivity index (χ2n) is 22.1. The molecule has 20 heteroatoms. The van der Waals surface area contributed by atoms with Gasteiger partial charge in [0.15, 0.2) is 0 Å². The molecule has 18 aromatic rings. The molecule has 0 aliphatic heterocycles. The van der Waals surface area contributed by atoms with E-state index in [1.165, 1.54) is 0 Å². The molecule has 0 unspecified atom stereocenters. The summed E-state index contributed by atoms with van der Waals surface area (Å²) in [7, 11) is 6.49. The van der Waals surface area contributed by atoms with Crippen LogP contribution in [0.3, 0.4) is 0 Å². The van der Waals surface area contributed by atoms with Crippen LogP contribution in [0.4, 0.5) is 0 Å². The monoisotopic (exact) mass is 1730 g/mol. The summed E-state index contributed by atoms with van der Waals surface area (Å²) in [5.41, 5.74) is 25.9. The van der Waals surface area contributed by atoms with E-state index in [4.69, 9.17) is 0 Å². The molecule has 0 aliphatic rings. The van der Waals surface area contributed by atoms with Crippen molar-refractivity contribution in [1.29, 1.82) is 0 Å². The summed E-state index contributed by atoms with van der Waals surface area (Å²) >= 11 is 0. The molecule has 2 radical (unpaired) electrons. The van der Waals surface area contributed by atoms with Crippen molar-refractivity contribution in [3.63, 3.8) is 0 Å². The van der Waals surface area contributed by atoms with Crippen molar-refractivity contribution in [3.8, 4) is 132 Å². The molecule has 0 aliphatic carbocycles. The van der Waals surface area contributed by atoms with Gasteiger partial charge in [-0.3, -0.25) is 0 Å². The Labute approximate surface area is 679 Å². The Morgan fingerprint density at radius 3 is 0.337 bits per heavy atom. The summed E-state index contributed by atoms with van der Waals surface area (Å²) < 4.78 is 0. The first kappa shape index (κ1) is 76.3. The quantitative estimate of drug-likeness (QED) is 0.114. The molecule has 6 heterocycles. The predicted octanol–water partition coefficient (Wildman–Crippen LogP) is 23.7. The summed E-state index contributed by atoms with van der Waals surface area (Å²) in [4.78, 5) is 0. The smallest absolute Gasteiger partial charge is 0.570 e. The van der Waals surface area contributed by atoms with E-state index >= 15 is 0 Å². The van der Waals surface area contributed by atoms with Crippen molar-refractivity contribution in [3.05, 3.63) is 364 Å². The molecule has 498 valence electrons. The zero-order valence-corrected chi connectivity index (χ0v) is 66.1. The third-order valence-electron chi connectivity index (χ3n) is 15.1. The van der Waals surface area contributed by atoms with Gasteiger partial charge < -0.3 is 61.2 Å². The van der Waals surface area contributed by atoms with Crippen LogP contribution in [0.15, 0.2) is 364 Å². The number of benzene rings is 12. The number of nitrogens with zero attached hydrogens (tertiary/aromatic N) is 12. The Kier molecular flexibility index (Phi) is 30.1. The maximum Gasteiger partial charge on any atom is 3.00 e. The molecule has 0 fully saturated rings. The van der Waals surface area contributed by atoms with Crippen LogP contribution in [0, 0.1) is 80.8 Å². The molecule has 104 heavy (non-hydrogen) atoms. The van der Waals surface area contributed by atoms with Crippen molar-refractivity contribution >= 4 is 49.2 Å². The average Bonchev–Trinajstić information content (AvgIpc) is 1.74. The summed E-state index contributed by atoms with van der Waals surface area (Å²) in [5.74, 6) is 0. The first-order valence-corrected chi connectivity index (χ1v) is 37.9. The number of rotatable bonds is 12. The van der Waals surface area contributed by atoms with Crippen LogP contribution in [0.2, 0.25) is 0 Å². The third kappa shape index (κ3) is 22.1. The second-order valence-corrected chi connectivity index (χ2v) is 28.6. The van der Waals surface area contributed by atoms with Gasteiger partial charge in [0, 0.05) is 33.4 Å². The molecular formula is C84H60N12P6Sm2. The van der Waals surface area contributed by atoms with Gasteiger partial charge in [0.05, 0.1) is 32.6 Å². The van der Waals surface area contributed by atoms with E-state index in [0.29, 0.717) is 0 Å². The summed E-state index contributed by atoms with van der Waals surface area (Å²) in [5, 5.41) is 51.1. The fourth-order valence-corrected chi connectivity index (χ4v) is 15.6. The van der Waals surface area contributed by atoms with Crippen LogP contribution in [0.5, 0.6) is 0 Å². The van der Waals surface area contributed by atoms with Gasteiger partial charge in [-0.05, 0) is 33.4 Å². The Bertz CT molecular complexity index is 4180. The van der Waals surface area contributed by atoms with Gasteiger partial charge in [0.2, 0.25) is 0 Å². The van der Waals surface area contributed by atoms with E-state index in [1.807, 2.05) is 218 Å². The van der Waals surface area contributed by atoms with E-state index in [2.05, 4.69) is 207 Å². The van der Waals surface area contributed by atoms with Crippen molar-refractivity contribution in [2.75, 3.05) is 0 Å². The summed E-state index contributed by atoms with van der Waals surface area (Å²) in [6.07, 6.45) is 0. The molecule has 0 saturated carbocycles. The number of hydrogen-bond donors (Lipinski definition) is 0. The largest absolute Gasteiger partial charge is 3.00 e. The summed E-state index contributed by atoms with van der Waals surface area (Å²) in [6, 6.07) is 122. The van der Waals surface area contributed by atoms with Crippen LogP contribution in [-0.4, -0.2) is 30.6 Å². The van der Waals surface area contributed by atoms with Crippen molar-refractivity contribution in [2.45, 2.75) is 0 Å². The molecule has 0 bridgehead atoms. The molecule has 12 nitrogen and oxygen atoms in total. The van der Waals surface area contributed by atoms with E-state index in [1.54, 1.807) is 0 Å². The Morgan fingerprint density at radius 2 is 0.231 bits per heavy atom. The van der Waals surface area contributed by atoms with Gasteiger partial charge in [-0.25, -0.2) is 0 Å². The molecule has 6 aromatic heterocycles. The van der Waals surface area contributed by atoms with Gasteiger partial charge in [-0.2, -0.15) is 0 Å². The SMILES string of the molecule is [Sm+3].[Sm+3].c1ccc(-c2n[n-]c(-c3ccccc3)p2)cc1.c1ccc(-c2n[n-]c(-c3ccccc3)p2)cc1.c1ccc(-c2n[n-]c(-c3ccccc3)p2)cc1.c1ccc(-c2n[n-]c(-c3ccccc3)p2)cc1.c1ccc(-c2n[n-]c(-c3ccccc3)p2)cc1.c1ccc(-c2n[n-]c(-c3ccccc3)p2)cc1. The van der Waals surface area contributed by atoms with Crippen LogP contribution in [0.1, 0.15) is 0 Å². The second kappa shape index (κ2) is 41.0. The van der Waals surface area contributed by atoms with Gasteiger partial charge in [0.25, 0.3) is 0 Å². The fourth-order valence-electron chi connectivity index (χ4n) is 9.95. The minimum atomic E-state index is 0. The van der Waals surface area contributed by atoms with Gasteiger partial charge in [-0.15, -0.1) is 0 Å². The molecule has 12 aromatic carbocycles. The molecule has 18 rings (SSSR count). The Hall–Kier alpha value is -8.84.